The molecule has 1 unspecified atom stereocenters. The molecule has 1 atom stereocenters. The number of pyridine rings is 1. The zero-order chi connectivity index (χ0) is 21.8. The first-order chi connectivity index (χ1) is 15.0. The molecule has 0 saturated carbocycles. The first-order valence-corrected chi connectivity index (χ1v) is 10.6. The fourth-order valence-electron chi connectivity index (χ4n) is 3.77. The van der Waals surface area contributed by atoms with Gasteiger partial charge in [-0.15, -0.1) is 0 Å². The van der Waals surface area contributed by atoms with E-state index in [4.69, 9.17) is 16.3 Å². The Kier molecular flexibility index (Phi) is 6.68. The van der Waals surface area contributed by atoms with Crippen LogP contribution in [0.5, 0.6) is 0 Å². The summed E-state index contributed by atoms with van der Waals surface area (Å²) < 4.78 is 34.4. The number of hydrogen-bond donors (Lipinski definition) is 0. The number of rotatable bonds is 6. The SMILES string of the molecule is Cc1cc(N(c2ccc(N3CCOCC3)cc2)C(F)Cc2ccc(F)cc2)cc(Cl)n1. The van der Waals surface area contributed by atoms with Crippen molar-refractivity contribution in [3.8, 4) is 0 Å². The van der Waals surface area contributed by atoms with E-state index in [0.717, 1.165) is 18.8 Å². The van der Waals surface area contributed by atoms with Crippen molar-refractivity contribution in [1.29, 1.82) is 0 Å². The predicted octanol–water partition coefficient (Wildman–Crippen LogP) is 5.70. The van der Waals surface area contributed by atoms with Crippen molar-refractivity contribution in [3.63, 3.8) is 0 Å². The van der Waals surface area contributed by atoms with E-state index in [-0.39, 0.29) is 12.2 Å². The molecule has 2 heterocycles. The van der Waals surface area contributed by atoms with Gasteiger partial charge < -0.3 is 14.5 Å². The Balaban J connectivity index is 1.65. The van der Waals surface area contributed by atoms with Gasteiger partial charge in [-0.3, -0.25) is 0 Å². The van der Waals surface area contributed by atoms with Crippen LogP contribution in [0.4, 0.5) is 25.8 Å². The predicted molar refractivity (Wildman–Crippen MR) is 121 cm³/mol. The molecule has 0 bridgehead atoms. The summed E-state index contributed by atoms with van der Waals surface area (Å²) in [7, 11) is 0. The molecule has 4 rings (SSSR count). The third-order valence-electron chi connectivity index (χ3n) is 5.29. The van der Waals surface area contributed by atoms with Crippen molar-refractivity contribution in [2.24, 2.45) is 0 Å². The van der Waals surface area contributed by atoms with Crippen molar-refractivity contribution in [1.82, 2.24) is 4.98 Å². The van der Waals surface area contributed by atoms with Gasteiger partial charge in [0.05, 0.1) is 13.2 Å². The van der Waals surface area contributed by atoms with Gasteiger partial charge in [0.25, 0.3) is 0 Å². The van der Waals surface area contributed by atoms with E-state index in [9.17, 15) is 4.39 Å². The zero-order valence-corrected chi connectivity index (χ0v) is 18.0. The number of morpholine rings is 1. The van der Waals surface area contributed by atoms with Gasteiger partial charge in [-0.05, 0) is 61.0 Å². The smallest absolute Gasteiger partial charge is 0.180 e. The van der Waals surface area contributed by atoms with Crippen molar-refractivity contribution in [2.45, 2.75) is 19.6 Å². The van der Waals surface area contributed by atoms with Crippen LogP contribution < -0.4 is 9.80 Å². The molecule has 0 N–H and O–H groups in total. The maximum absolute atomic E-state index is 15.7. The molecule has 162 valence electrons. The molecule has 0 radical (unpaired) electrons. The maximum atomic E-state index is 15.7. The van der Waals surface area contributed by atoms with E-state index in [1.165, 1.54) is 12.1 Å². The fraction of sp³-hybridized carbons (Fsp3) is 0.292. The Bertz CT molecular complexity index is 988. The van der Waals surface area contributed by atoms with Gasteiger partial charge in [0.2, 0.25) is 0 Å². The van der Waals surface area contributed by atoms with Crippen LogP contribution >= 0.6 is 11.6 Å². The van der Waals surface area contributed by atoms with Crippen LogP contribution in [-0.4, -0.2) is 37.6 Å². The van der Waals surface area contributed by atoms with E-state index in [1.54, 1.807) is 29.2 Å². The highest BCUT2D eigenvalue weighted by Crippen LogP contribution is 2.33. The molecule has 0 amide bonds. The zero-order valence-electron chi connectivity index (χ0n) is 17.3. The Morgan fingerprint density at radius 3 is 2.35 bits per heavy atom. The van der Waals surface area contributed by atoms with E-state index in [0.29, 0.717) is 41.0 Å². The number of benzene rings is 2. The van der Waals surface area contributed by atoms with Gasteiger partial charge in [0.1, 0.15) is 11.0 Å². The minimum absolute atomic E-state index is 0.102. The summed E-state index contributed by atoms with van der Waals surface area (Å²) in [5.74, 6) is -0.341. The van der Waals surface area contributed by atoms with Gasteiger partial charge in [-0.2, -0.15) is 0 Å². The highest BCUT2D eigenvalue weighted by Gasteiger charge is 2.22. The summed E-state index contributed by atoms with van der Waals surface area (Å²) >= 11 is 6.17. The lowest BCUT2D eigenvalue weighted by Crippen LogP contribution is -2.36. The highest BCUT2D eigenvalue weighted by molar-refractivity contribution is 6.29. The molecule has 1 aliphatic heterocycles. The third-order valence-corrected chi connectivity index (χ3v) is 5.48. The van der Waals surface area contributed by atoms with E-state index in [1.807, 2.05) is 31.2 Å². The molecular weight excluding hydrogens is 420 g/mol. The Hall–Kier alpha value is -2.70. The standard InChI is InChI=1S/C24H24ClF2N3O/c1-17-14-22(16-23(25)28-17)30(24(27)15-18-2-4-19(26)5-3-18)21-8-6-20(7-9-21)29-10-12-31-13-11-29/h2-9,14,16,24H,10-13,15H2,1H3. The number of halogens is 3. The molecular formula is C24H24ClF2N3O. The fourth-order valence-corrected chi connectivity index (χ4v) is 4.02. The molecule has 4 nitrogen and oxygen atoms in total. The monoisotopic (exact) mass is 443 g/mol. The summed E-state index contributed by atoms with van der Waals surface area (Å²) in [4.78, 5) is 8.05. The molecule has 31 heavy (non-hydrogen) atoms. The van der Waals surface area contributed by atoms with Gasteiger partial charge in [-0.25, -0.2) is 13.8 Å². The van der Waals surface area contributed by atoms with Crippen molar-refractivity contribution >= 4 is 28.7 Å². The van der Waals surface area contributed by atoms with Crippen LogP contribution in [0.1, 0.15) is 11.3 Å². The van der Waals surface area contributed by atoms with Gasteiger partial charge in [0.15, 0.2) is 6.30 Å². The molecule has 0 spiro atoms. The molecule has 3 aromatic rings. The Morgan fingerprint density at radius 1 is 1.03 bits per heavy atom. The van der Waals surface area contributed by atoms with Crippen LogP contribution in [0.15, 0.2) is 60.7 Å². The Labute approximate surface area is 186 Å². The summed E-state index contributed by atoms with van der Waals surface area (Å²) in [5.41, 5.74) is 3.80. The van der Waals surface area contributed by atoms with Gasteiger partial charge in [0, 0.05) is 42.3 Å². The van der Waals surface area contributed by atoms with Crippen molar-refractivity contribution in [3.05, 3.63) is 82.9 Å². The number of nitrogens with zero attached hydrogens (tertiary/aromatic N) is 3. The third kappa shape index (κ3) is 5.32. The number of aryl methyl sites for hydroxylation is 1. The lowest BCUT2D eigenvalue weighted by molar-refractivity contribution is 0.122. The first kappa shape index (κ1) is 21.5. The number of anilines is 3. The average Bonchev–Trinajstić information content (AvgIpc) is 2.76. The minimum atomic E-state index is -1.38. The summed E-state index contributed by atoms with van der Waals surface area (Å²) in [6.45, 7) is 4.89. The van der Waals surface area contributed by atoms with Crippen molar-refractivity contribution in [2.75, 3.05) is 36.1 Å². The first-order valence-electron chi connectivity index (χ1n) is 10.2. The number of aromatic nitrogens is 1. The van der Waals surface area contributed by atoms with Crippen LogP contribution in [0.3, 0.4) is 0 Å². The maximum Gasteiger partial charge on any atom is 0.180 e. The normalized spacial score (nSPS) is 15.0. The molecule has 0 aliphatic carbocycles. The van der Waals surface area contributed by atoms with Crippen molar-refractivity contribution < 1.29 is 13.5 Å². The second-order valence-corrected chi connectivity index (χ2v) is 7.93. The average molecular weight is 444 g/mol. The molecule has 7 heteroatoms. The van der Waals surface area contributed by atoms with E-state index < -0.39 is 6.30 Å². The van der Waals surface area contributed by atoms with E-state index in [2.05, 4.69) is 9.88 Å². The number of alkyl halides is 1. The molecule has 2 aromatic carbocycles. The highest BCUT2D eigenvalue weighted by atomic mass is 35.5. The van der Waals surface area contributed by atoms with E-state index >= 15 is 4.39 Å². The second-order valence-electron chi connectivity index (χ2n) is 7.54. The van der Waals surface area contributed by atoms with Gasteiger partial charge >= 0.3 is 0 Å². The largest absolute Gasteiger partial charge is 0.378 e. The summed E-state index contributed by atoms with van der Waals surface area (Å²) in [6.07, 6.45) is -1.28. The summed E-state index contributed by atoms with van der Waals surface area (Å²) in [6, 6.07) is 17.2. The summed E-state index contributed by atoms with van der Waals surface area (Å²) in [5, 5.41) is 0.305. The second kappa shape index (κ2) is 9.62. The van der Waals surface area contributed by atoms with Crippen LogP contribution in [0.25, 0.3) is 0 Å². The molecule has 1 saturated heterocycles. The lowest BCUT2D eigenvalue weighted by Gasteiger charge is -2.31. The number of ether oxygens (including phenoxy) is 1. The number of hydrogen-bond acceptors (Lipinski definition) is 4. The molecule has 1 fully saturated rings. The lowest BCUT2D eigenvalue weighted by atomic mass is 10.1. The van der Waals surface area contributed by atoms with Gasteiger partial charge in [-0.1, -0.05) is 23.7 Å². The Morgan fingerprint density at radius 2 is 1.71 bits per heavy atom. The van der Waals surface area contributed by atoms with Crippen LogP contribution in [0, 0.1) is 12.7 Å². The van der Waals surface area contributed by atoms with Crippen LogP contribution in [-0.2, 0) is 11.2 Å². The van der Waals surface area contributed by atoms with Crippen LogP contribution in [0.2, 0.25) is 5.15 Å². The molecule has 1 aliphatic rings. The minimum Gasteiger partial charge on any atom is -0.378 e. The quantitative estimate of drug-likeness (QED) is 0.361. The molecule has 1 aromatic heterocycles. The topological polar surface area (TPSA) is 28.6 Å².